The summed E-state index contributed by atoms with van der Waals surface area (Å²) < 4.78 is 5.84. The van der Waals surface area contributed by atoms with Crippen molar-refractivity contribution in [3.63, 3.8) is 0 Å². The van der Waals surface area contributed by atoms with Crippen LogP contribution in [0.25, 0.3) is 0 Å². The molecule has 0 fully saturated rings. The lowest BCUT2D eigenvalue weighted by atomic mass is 10.1. The lowest BCUT2D eigenvalue weighted by molar-refractivity contribution is 0.0696. The Labute approximate surface area is 149 Å². The minimum atomic E-state index is -0.939. The number of carboxylic acids is 1. The molecule has 0 aliphatic rings. The van der Waals surface area contributed by atoms with Crippen LogP contribution in [0.4, 0.5) is 5.69 Å². The Morgan fingerprint density at radius 1 is 1.12 bits per heavy atom. The zero-order valence-corrected chi connectivity index (χ0v) is 15.0. The molecule has 0 aliphatic heterocycles. The van der Waals surface area contributed by atoms with Gasteiger partial charge in [0.05, 0.1) is 5.56 Å². The maximum absolute atomic E-state index is 10.9. The molecule has 0 radical (unpaired) electrons. The third-order valence-electron chi connectivity index (χ3n) is 4.23. The second-order valence-electron chi connectivity index (χ2n) is 6.45. The molecule has 0 aromatic heterocycles. The number of nitrogen functional groups attached to an aromatic ring is 1. The third-order valence-corrected chi connectivity index (χ3v) is 4.23. The van der Waals surface area contributed by atoms with Gasteiger partial charge in [-0.1, -0.05) is 18.2 Å². The normalized spacial score (nSPS) is 12.4. The predicted molar refractivity (Wildman–Crippen MR) is 99.9 cm³/mol. The van der Waals surface area contributed by atoms with Crippen molar-refractivity contribution in [1.29, 1.82) is 0 Å². The van der Waals surface area contributed by atoms with E-state index in [1.54, 1.807) is 24.3 Å². The summed E-state index contributed by atoms with van der Waals surface area (Å²) >= 11 is 0. The monoisotopic (exact) mass is 342 g/mol. The minimum absolute atomic E-state index is 0.179. The van der Waals surface area contributed by atoms with E-state index in [-0.39, 0.29) is 11.6 Å². The van der Waals surface area contributed by atoms with E-state index in [2.05, 4.69) is 25.7 Å². The number of rotatable bonds is 8. The fourth-order valence-electron chi connectivity index (χ4n) is 2.73. The molecule has 134 valence electrons. The van der Waals surface area contributed by atoms with Gasteiger partial charge in [-0.2, -0.15) is 0 Å². The smallest absolute Gasteiger partial charge is 0.335 e. The molecule has 2 aromatic carbocycles. The summed E-state index contributed by atoms with van der Waals surface area (Å²) in [6.45, 7) is 7.68. The number of carbonyl (C=O) groups is 1. The molecule has 1 atom stereocenters. The first-order valence-corrected chi connectivity index (χ1v) is 8.43. The Hall–Kier alpha value is -2.53. The second kappa shape index (κ2) is 8.53. The largest absolute Gasteiger partial charge is 0.492 e. The topological polar surface area (TPSA) is 75.8 Å². The van der Waals surface area contributed by atoms with Gasteiger partial charge in [0.1, 0.15) is 12.4 Å². The van der Waals surface area contributed by atoms with Gasteiger partial charge in [0.25, 0.3) is 0 Å². The van der Waals surface area contributed by atoms with Crippen molar-refractivity contribution in [3.8, 4) is 5.75 Å². The highest BCUT2D eigenvalue weighted by Gasteiger charge is 2.19. The number of anilines is 1. The van der Waals surface area contributed by atoms with E-state index in [0.717, 1.165) is 17.8 Å². The van der Waals surface area contributed by atoms with Crippen molar-refractivity contribution in [3.05, 3.63) is 59.7 Å². The molecule has 0 amide bonds. The molecule has 25 heavy (non-hydrogen) atoms. The Balaban J connectivity index is 1.99. The minimum Gasteiger partial charge on any atom is -0.492 e. The summed E-state index contributed by atoms with van der Waals surface area (Å²) in [4.78, 5) is 13.2. The molecule has 0 saturated heterocycles. The average molecular weight is 342 g/mol. The maximum Gasteiger partial charge on any atom is 0.335 e. The lowest BCUT2D eigenvalue weighted by Crippen LogP contribution is -2.41. The summed E-state index contributed by atoms with van der Waals surface area (Å²) in [6.07, 6.45) is 0. The molecular weight excluding hydrogens is 316 g/mol. The van der Waals surface area contributed by atoms with Crippen LogP contribution >= 0.6 is 0 Å². The van der Waals surface area contributed by atoms with Gasteiger partial charge in [-0.05, 0) is 56.7 Å². The van der Waals surface area contributed by atoms with E-state index < -0.39 is 5.97 Å². The van der Waals surface area contributed by atoms with E-state index >= 15 is 0 Å². The fourth-order valence-corrected chi connectivity index (χ4v) is 2.73. The van der Waals surface area contributed by atoms with Gasteiger partial charge < -0.3 is 15.6 Å². The quantitative estimate of drug-likeness (QED) is 0.716. The number of benzene rings is 2. The van der Waals surface area contributed by atoms with Gasteiger partial charge in [-0.25, -0.2) is 4.79 Å². The van der Waals surface area contributed by atoms with Crippen LogP contribution in [0.1, 0.15) is 36.7 Å². The summed E-state index contributed by atoms with van der Waals surface area (Å²) in [5, 5.41) is 8.93. The van der Waals surface area contributed by atoms with Crippen LogP contribution in [0, 0.1) is 0 Å². The lowest BCUT2D eigenvalue weighted by Gasteiger charge is -2.33. The number of hydrogen-bond acceptors (Lipinski definition) is 4. The summed E-state index contributed by atoms with van der Waals surface area (Å²) in [6, 6.07) is 14.9. The molecule has 3 N–H and O–H groups in total. The molecule has 2 aromatic rings. The zero-order valence-electron chi connectivity index (χ0n) is 15.0. The van der Waals surface area contributed by atoms with Crippen molar-refractivity contribution in [2.24, 2.45) is 0 Å². The molecular formula is C20H26N2O3. The van der Waals surface area contributed by atoms with E-state index in [0.29, 0.717) is 18.4 Å². The summed E-state index contributed by atoms with van der Waals surface area (Å²) in [5.41, 5.74) is 8.22. The maximum atomic E-state index is 10.9. The van der Waals surface area contributed by atoms with Crippen molar-refractivity contribution < 1.29 is 14.6 Å². The van der Waals surface area contributed by atoms with Crippen LogP contribution in [-0.2, 0) is 6.54 Å². The molecule has 0 aliphatic carbocycles. The van der Waals surface area contributed by atoms with Gasteiger partial charge >= 0.3 is 5.97 Å². The van der Waals surface area contributed by atoms with E-state index in [1.165, 1.54) is 0 Å². The summed E-state index contributed by atoms with van der Waals surface area (Å²) in [5.74, 6) is -0.272. The highest BCUT2D eigenvalue weighted by Crippen LogP contribution is 2.19. The van der Waals surface area contributed by atoms with Crippen LogP contribution < -0.4 is 10.5 Å². The first kappa shape index (κ1) is 18.8. The highest BCUT2D eigenvalue weighted by molar-refractivity contribution is 5.87. The van der Waals surface area contributed by atoms with Crippen LogP contribution in [0.2, 0.25) is 0 Å². The first-order valence-electron chi connectivity index (χ1n) is 8.43. The van der Waals surface area contributed by atoms with Crippen LogP contribution in [0.3, 0.4) is 0 Å². The number of nitrogens with zero attached hydrogens (tertiary/aromatic N) is 1. The highest BCUT2D eigenvalue weighted by atomic mass is 16.5. The molecule has 5 nitrogen and oxygen atoms in total. The molecule has 0 unspecified atom stereocenters. The standard InChI is InChI=1S/C20H26N2O3/c1-14(2)22(12-17-6-4-5-7-19(17)21)15(3)13-25-18-10-8-16(9-11-18)20(23)24/h4-11,14-15H,12-13,21H2,1-3H3,(H,23,24)/t15-/m0/s1. The molecule has 0 heterocycles. The van der Waals surface area contributed by atoms with Gasteiger partial charge in [0, 0.05) is 24.3 Å². The molecule has 5 heteroatoms. The number of hydrogen-bond donors (Lipinski definition) is 2. The number of nitrogens with two attached hydrogens (primary N) is 1. The number of ether oxygens (including phenoxy) is 1. The van der Waals surface area contributed by atoms with E-state index in [4.69, 9.17) is 15.6 Å². The SMILES string of the molecule is CC(C)N(Cc1ccccc1N)[C@@H](C)COc1ccc(C(=O)O)cc1. The average Bonchev–Trinajstić information content (AvgIpc) is 2.59. The zero-order chi connectivity index (χ0) is 18.4. The van der Waals surface area contributed by atoms with Crippen molar-refractivity contribution in [2.75, 3.05) is 12.3 Å². The second-order valence-corrected chi connectivity index (χ2v) is 6.45. The van der Waals surface area contributed by atoms with Gasteiger partial charge in [-0.15, -0.1) is 0 Å². The molecule has 0 bridgehead atoms. The van der Waals surface area contributed by atoms with Crippen molar-refractivity contribution in [2.45, 2.75) is 39.4 Å². The molecule has 2 rings (SSSR count). The third kappa shape index (κ3) is 5.22. The van der Waals surface area contributed by atoms with Crippen LogP contribution in [0.15, 0.2) is 48.5 Å². The number of carboxylic acid groups (broad SMARTS) is 1. The van der Waals surface area contributed by atoms with Gasteiger partial charge in [-0.3, -0.25) is 4.90 Å². The number of para-hydroxylation sites is 1. The van der Waals surface area contributed by atoms with E-state index in [1.807, 2.05) is 24.3 Å². The van der Waals surface area contributed by atoms with Crippen LogP contribution in [-0.4, -0.2) is 34.7 Å². The Morgan fingerprint density at radius 3 is 2.32 bits per heavy atom. The van der Waals surface area contributed by atoms with Crippen molar-refractivity contribution in [1.82, 2.24) is 4.90 Å². The van der Waals surface area contributed by atoms with Gasteiger partial charge in [0.15, 0.2) is 0 Å². The Morgan fingerprint density at radius 2 is 1.76 bits per heavy atom. The van der Waals surface area contributed by atoms with Crippen molar-refractivity contribution >= 4 is 11.7 Å². The number of aromatic carboxylic acids is 1. The Kier molecular flexibility index (Phi) is 6.42. The first-order chi connectivity index (χ1) is 11.9. The van der Waals surface area contributed by atoms with Gasteiger partial charge in [0.2, 0.25) is 0 Å². The predicted octanol–water partition coefficient (Wildman–Crippen LogP) is 3.64. The Bertz CT molecular complexity index is 698. The molecule has 0 spiro atoms. The molecule has 0 saturated carbocycles. The summed E-state index contributed by atoms with van der Waals surface area (Å²) in [7, 11) is 0. The van der Waals surface area contributed by atoms with Crippen LogP contribution in [0.5, 0.6) is 5.75 Å². The fraction of sp³-hybridized carbons (Fsp3) is 0.350. The van der Waals surface area contributed by atoms with E-state index in [9.17, 15) is 4.79 Å².